The second kappa shape index (κ2) is 15.2. The number of thioether (sulfide) groups is 1. The van der Waals surface area contributed by atoms with Crippen LogP contribution in [-0.4, -0.2) is 39.6 Å². The van der Waals surface area contributed by atoms with Crippen LogP contribution in [0.3, 0.4) is 0 Å². The van der Waals surface area contributed by atoms with E-state index in [2.05, 4.69) is 49.4 Å². The minimum atomic E-state index is -0.611. The number of para-hydroxylation sites is 2. The summed E-state index contributed by atoms with van der Waals surface area (Å²) in [6.07, 6.45) is 0.988. The summed E-state index contributed by atoms with van der Waals surface area (Å²) in [5.41, 5.74) is 3.54. The summed E-state index contributed by atoms with van der Waals surface area (Å²) in [6, 6.07) is 18.6. The van der Waals surface area contributed by atoms with Gasteiger partial charge in [0.1, 0.15) is 18.4 Å². The minimum Gasteiger partial charge on any atom is -0.492 e. The smallest absolute Gasteiger partial charge is 0.255 e. The Balaban J connectivity index is 1.56. The van der Waals surface area contributed by atoms with Crippen LogP contribution in [0.5, 0.6) is 17.2 Å². The number of allylic oxidation sites excluding steroid dienone is 1. The molecule has 1 amide bonds. The quantitative estimate of drug-likeness (QED) is 0.131. The van der Waals surface area contributed by atoms with Crippen molar-refractivity contribution < 1.29 is 19.0 Å². The first kappa shape index (κ1) is 32.9. The molecule has 1 aliphatic rings. The molecule has 4 aromatic rings. The number of hydrogen-bond acceptors (Lipinski definition) is 8. The lowest BCUT2D eigenvalue weighted by atomic mass is 9.94. The van der Waals surface area contributed by atoms with Crippen molar-refractivity contribution in [3.8, 4) is 17.2 Å². The summed E-state index contributed by atoms with van der Waals surface area (Å²) < 4.78 is 21.6. The lowest BCUT2D eigenvalue weighted by Crippen LogP contribution is -2.31. The number of anilines is 2. The maximum atomic E-state index is 14.2. The minimum absolute atomic E-state index is 0.286. The average molecular weight is 758 g/mol. The van der Waals surface area contributed by atoms with Gasteiger partial charge in [-0.25, -0.2) is 4.68 Å². The summed E-state index contributed by atoms with van der Waals surface area (Å²) in [5.74, 6) is 2.89. The Morgan fingerprint density at radius 3 is 2.47 bits per heavy atom. The highest BCUT2D eigenvalue weighted by atomic mass is 79.9. The molecule has 9 nitrogen and oxygen atoms in total. The van der Waals surface area contributed by atoms with Crippen LogP contribution in [0.15, 0.2) is 86.0 Å². The van der Waals surface area contributed by atoms with Crippen LogP contribution in [0.4, 0.5) is 11.6 Å². The molecule has 2 N–H and O–H groups in total. The third kappa shape index (κ3) is 7.67. The highest BCUT2D eigenvalue weighted by Crippen LogP contribution is 2.44. The lowest BCUT2D eigenvalue weighted by Gasteiger charge is -2.29. The Bertz CT molecular complexity index is 1690. The number of fused-ring (bicyclic) bond motifs is 1. The van der Waals surface area contributed by atoms with Gasteiger partial charge < -0.3 is 24.8 Å². The molecule has 0 bridgehead atoms. The molecule has 1 aliphatic heterocycles. The van der Waals surface area contributed by atoms with E-state index in [-0.39, 0.29) is 5.91 Å². The van der Waals surface area contributed by atoms with E-state index in [0.29, 0.717) is 69.6 Å². The summed E-state index contributed by atoms with van der Waals surface area (Å²) in [4.78, 5) is 18.9. The van der Waals surface area contributed by atoms with E-state index >= 15 is 0 Å². The molecule has 5 rings (SSSR count). The van der Waals surface area contributed by atoms with Gasteiger partial charge in [0, 0.05) is 15.9 Å². The molecule has 0 aliphatic carbocycles. The largest absolute Gasteiger partial charge is 0.492 e. The van der Waals surface area contributed by atoms with Gasteiger partial charge in [-0.15, -0.1) is 5.10 Å². The van der Waals surface area contributed by atoms with Gasteiger partial charge in [-0.3, -0.25) is 4.79 Å². The van der Waals surface area contributed by atoms with Gasteiger partial charge in [-0.1, -0.05) is 58.9 Å². The number of nitrogens with one attached hydrogen (secondary N) is 2. The van der Waals surface area contributed by atoms with Gasteiger partial charge in [0.15, 0.2) is 11.5 Å². The molecule has 0 fully saturated rings. The van der Waals surface area contributed by atoms with Crippen LogP contribution in [-0.2, 0) is 11.4 Å². The molecule has 1 atom stereocenters. The fourth-order valence-corrected chi connectivity index (χ4v) is 6.44. The third-order valence-corrected chi connectivity index (χ3v) is 9.05. The molecule has 0 saturated carbocycles. The number of ether oxygens (including phenoxy) is 3. The first-order valence-corrected chi connectivity index (χ1v) is 17.3. The highest BCUT2D eigenvalue weighted by molar-refractivity contribution is 9.10. The molecule has 45 heavy (non-hydrogen) atoms. The lowest BCUT2D eigenvalue weighted by molar-refractivity contribution is -0.113. The Morgan fingerprint density at radius 1 is 1.00 bits per heavy atom. The van der Waals surface area contributed by atoms with Crippen molar-refractivity contribution in [3.63, 3.8) is 0 Å². The van der Waals surface area contributed by atoms with Crippen LogP contribution in [0, 0.1) is 0 Å². The fraction of sp³-hybridized carbons (Fsp3) is 0.303. The number of benzene rings is 3. The Hall–Kier alpha value is -3.48. The zero-order valence-corrected chi connectivity index (χ0v) is 29.5. The maximum absolute atomic E-state index is 14.2. The molecule has 3 aromatic carbocycles. The molecule has 1 unspecified atom stereocenters. The van der Waals surface area contributed by atoms with Crippen LogP contribution in [0.2, 0.25) is 0 Å². The van der Waals surface area contributed by atoms with E-state index in [1.165, 1.54) is 0 Å². The second-order valence-electron chi connectivity index (χ2n) is 10.1. The Kier molecular flexibility index (Phi) is 11.1. The topological polar surface area (TPSA) is 99.5 Å². The fourth-order valence-electron chi connectivity index (χ4n) is 4.91. The van der Waals surface area contributed by atoms with Gasteiger partial charge in [-0.05, 0) is 90.6 Å². The molecule has 2 heterocycles. The van der Waals surface area contributed by atoms with Crippen molar-refractivity contribution in [1.82, 2.24) is 14.8 Å². The molecular weight excluding hydrogens is 722 g/mol. The van der Waals surface area contributed by atoms with Gasteiger partial charge in [0.2, 0.25) is 11.1 Å². The van der Waals surface area contributed by atoms with E-state index in [9.17, 15) is 4.79 Å². The van der Waals surface area contributed by atoms with E-state index in [0.717, 1.165) is 27.8 Å². The Labute approximate surface area is 284 Å². The van der Waals surface area contributed by atoms with Crippen LogP contribution < -0.4 is 24.8 Å². The molecule has 1 aromatic heterocycles. The van der Waals surface area contributed by atoms with Crippen molar-refractivity contribution >= 4 is 61.2 Å². The Morgan fingerprint density at radius 2 is 1.73 bits per heavy atom. The van der Waals surface area contributed by atoms with Crippen molar-refractivity contribution in [2.75, 3.05) is 29.6 Å². The number of carbonyl (C=O) groups excluding carboxylic acids is 1. The number of halogens is 2. The number of nitrogens with zero attached hydrogens (tertiary/aromatic N) is 3. The van der Waals surface area contributed by atoms with Crippen molar-refractivity contribution in [2.24, 2.45) is 0 Å². The number of rotatable bonds is 13. The highest BCUT2D eigenvalue weighted by Gasteiger charge is 2.36. The normalized spacial score (nSPS) is 14.0. The standard InChI is InChI=1S/C33H35Br2N5O4S/c1-5-16-45-33-38-32-36-20(4)28(31(41)37-25-10-8-9-11-26(25)42-6-2)29(40(32)39-33)22-17-24(35)30(27(18-22)43-7-3)44-19-21-12-14-23(34)15-13-21/h8-15,17-18,29H,5-7,16,19H2,1-4H3,(H,37,41)(H,36,38,39). The molecule has 236 valence electrons. The van der Waals surface area contributed by atoms with Crippen molar-refractivity contribution in [3.05, 3.63) is 92.0 Å². The average Bonchev–Trinajstić information content (AvgIpc) is 3.43. The van der Waals surface area contributed by atoms with E-state index in [1.807, 2.05) is 81.4 Å². The van der Waals surface area contributed by atoms with Crippen molar-refractivity contribution in [1.29, 1.82) is 0 Å². The third-order valence-electron chi connectivity index (χ3n) is 6.89. The number of hydrogen-bond donors (Lipinski definition) is 2. The molecule has 0 spiro atoms. The van der Waals surface area contributed by atoms with E-state index < -0.39 is 6.04 Å². The zero-order valence-electron chi connectivity index (χ0n) is 25.5. The van der Waals surface area contributed by atoms with Crippen LogP contribution in [0.1, 0.15) is 51.3 Å². The first-order valence-electron chi connectivity index (χ1n) is 14.8. The van der Waals surface area contributed by atoms with Crippen molar-refractivity contribution in [2.45, 2.75) is 51.9 Å². The van der Waals surface area contributed by atoms with Crippen LogP contribution in [0.25, 0.3) is 0 Å². The zero-order chi connectivity index (χ0) is 31.9. The number of aromatic nitrogens is 3. The van der Waals surface area contributed by atoms with Gasteiger partial charge in [-0.2, -0.15) is 4.98 Å². The summed E-state index contributed by atoms with van der Waals surface area (Å²) in [5, 5.41) is 11.9. The van der Waals surface area contributed by atoms with Gasteiger partial charge in [0.05, 0.1) is 28.9 Å². The van der Waals surface area contributed by atoms with Gasteiger partial charge in [0.25, 0.3) is 5.91 Å². The molecule has 0 radical (unpaired) electrons. The first-order chi connectivity index (χ1) is 21.8. The number of amides is 1. The van der Waals surface area contributed by atoms with E-state index in [1.54, 1.807) is 16.4 Å². The second-order valence-corrected chi connectivity index (χ2v) is 13.0. The maximum Gasteiger partial charge on any atom is 0.255 e. The van der Waals surface area contributed by atoms with Gasteiger partial charge >= 0.3 is 0 Å². The van der Waals surface area contributed by atoms with Crippen LogP contribution >= 0.6 is 43.6 Å². The number of carbonyl (C=O) groups is 1. The predicted molar refractivity (Wildman–Crippen MR) is 186 cm³/mol. The molecule has 0 saturated heterocycles. The summed E-state index contributed by atoms with van der Waals surface area (Å²) in [6.45, 7) is 9.09. The SMILES string of the molecule is CCCSc1nc2n(n1)C(c1cc(Br)c(OCc3ccc(Br)cc3)c(OCC)c1)C(C(=O)Nc1ccccc1OCC)=C(C)N2. The molecular formula is C33H35Br2N5O4S. The summed E-state index contributed by atoms with van der Waals surface area (Å²) in [7, 11) is 0. The monoisotopic (exact) mass is 755 g/mol. The van der Waals surface area contributed by atoms with E-state index in [4.69, 9.17) is 24.3 Å². The molecule has 12 heteroatoms. The summed E-state index contributed by atoms with van der Waals surface area (Å²) >= 11 is 8.80. The predicted octanol–water partition coefficient (Wildman–Crippen LogP) is 8.61.